The van der Waals surface area contributed by atoms with E-state index in [2.05, 4.69) is 47.1 Å². The van der Waals surface area contributed by atoms with Crippen LogP contribution in [0.4, 0.5) is 0 Å². The highest BCUT2D eigenvalue weighted by atomic mass is 15.3. The lowest BCUT2D eigenvalue weighted by Crippen LogP contribution is -2.48. The molecule has 1 heterocycles. The van der Waals surface area contributed by atoms with Gasteiger partial charge in [0.25, 0.3) is 0 Å². The van der Waals surface area contributed by atoms with Crippen LogP contribution >= 0.6 is 0 Å². The van der Waals surface area contributed by atoms with Crippen molar-refractivity contribution in [3.05, 3.63) is 35.9 Å². The molecule has 0 radical (unpaired) electrons. The van der Waals surface area contributed by atoms with Crippen LogP contribution in [0.3, 0.4) is 0 Å². The molecule has 0 spiro atoms. The molecule has 1 aliphatic heterocycles. The molecule has 1 aromatic carbocycles. The van der Waals surface area contributed by atoms with Gasteiger partial charge in [0.1, 0.15) is 0 Å². The molecule has 3 nitrogen and oxygen atoms in total. The molecule has 1 fully saturated rings. The Bertz CT molecular complexity index is 344. The van der Waals surface area contributed by atoms with Gasteiger partial charge in [0.15, 0.2) is 0 Å². The van der Waals surface area contributed by atoms with E-state index in [9.17, 15) is 0 Å². The Morgan fingerprint density at radius 3 is 2.32 bits per heavy atom. The van der Waals surface area contributed by atoms with E-state index in [0.29, 0.717) is 5.92 Å². The van der Waals surface area contributed by atoms with Crippen LogP contribution in [0.1, 0.15) is 12.5 Å². The van der Waals surface area contributed by atoms with Gasteiger partial charge < -0.3 is 15.5 Å². The van der Waals surface area contributed by atoms with Gasteiger partial charge in [-0.05, 0) is 24.4 Å². The number of hydrogen-bond acceptors (Lipinski definition) is 3. The lowest BCUT2D eigenvalue weighted by Gasteiger charge is -2.35. The van der Waals surface area contributed by atoms with Crippen molar-refractivity contribution in [1.82, 2.24) is 9.80 Å². The molecular weight excluding hydrogens is 234 g/mol. The van der Waals surface area contributed by atoms with E-state index in [1.807, 2.05) is 0 Å². The maximum atomic E-state index is 5.69. The quantitative estimate of drug-likeness (QED) is 0.841. The standard InChI is InChI=1S/C16H27N3/c1-15(13-17)14-19-11-9-18(10-12-19)8-7-16-5-3-2-4-6-16/h2-6,15H,7-14,17H2,1H3. The number of nitrogens with zero attached hydrogens (tertiary/aromatic N) is 2. The Hall–Kier alpha value is -0.900. The molecule has 2 rings (SSSR count). The van der Waals surface area contributed by atoms with Crippen LogP contribution in [-0.4, -0.2) is 55.6 Å². The van der Waals surface area contributed by atoms with Gasteiger partial charge in [0.05, 0.1) is 0 Å². The molecule has 1 saturated heterocycles. The summed E-state index contributed by atoms with van der Waals surface area (Å²) in [7, 11) is 0. The lowest BCUT2D eigenvalue weighted by atomic mass is 10.1. The fourth-order valence-electron chi connectivity index (χ4n) is 2.64. The predicted molar refractivity (Wildman–Crippen MR) is 81.2 cm³/mol. The zero-order valence-electron chi connectivity index (χ0n) is 12.1. The number of rotatable bonds is 6. The molecule has 2 N–H and O–H groups in total. The van der Waals surface area contributed by atoms with Crippen molar-refractivity contribution < 1.29 is 0 Å². The molecule has 0 aromatic heterocycles. The summed E-state index contributed by atoms with van der Waals surface area (Å²) < 4.78 is 0. The van der Waals surface area contributed by atoms with Gasteiger partial charge in [-0.1, -0.05) is 37.3 Å². The van der Waals surface area contributed by atoms with Gasteiger partial charge >= 0.3 is 0 Å². The summed E-state index contributed by atoms with van der Waals surface area (Å²) in [5.74, 6) is 0.621. The van der Waals surface area contributed by atoms with Crippen molar-refractivity contribution in [3.63, 3.8) is 0 Å². The van der Waals surface area contributed by atoms with E-state index < -0.39 is 0 Å². The summed E-state index contributed by atoms with van der Waals surface area (Å²) in [5, 5.41) is 0. The van der Waals surface area contributed by atoms with Gasteiger partial charge in [0.2, 0.25) is 0 Å². The lowest BCUT2D eigenvalue weighted by molar-refractivity contribution is 0.122. The van der Waals surface area contributed by atoms with Gasteiger partial charge in [-0.2, -0.15) is 0 Å². The van der Waals surface area contributed by atoms with Crippen LogP contribution in [0.15, 0.2) is 30.3 Å². The predicted octanol–water partition coefficient (Wildman–Crippen LogP) is 1.44. The van der Waals surface area contributed by atoms with Crippen LogP contribution in [0.2, 0.25) is 0 Å². The third kappa shape index (κ3) is 4.94. The molecule has 19 heavy (non-hydrogen) atoms. The first kappa shape index (κ1) is 14.5. The van der Waals surface area contributed by atoms with Crippen molar-refractivity contribution in [2.75, 3.05) is 45.8 Å². The summed E-state index contributed by atoms with van der Waals surface area (Å²) in [6.45, 7) is 10.2. The van der Waals surface area contributed by atoms with Crippen molar-refractivity contribution >= 4 is 0 Å². The minimum Gasteiger partial charge on any atom is -0.330 e. The SMILES string of the molecule is CC(CN)CN1CCN(CCc2ccccc2)CC1. The fraction of sp³-hybridized carbons (Fsp3) is 0.625. The topological polar surface area (TPSA) is 32.5 Å². The Kier molecular flexibility index (Phi) is 5.83. The van der Waals surface area contributed by atoms with Gasteiger partial charge in [0, 0.05) is 39.3 Å². The highest BCUT2D eigenvalue weighted by molar-refractivity contribution is 5.14. The third-order valence-electron chi connectivity index (χ3n) is 4.00. The summed E-state index contributed by atoms with van der Waals surface area (Å²) in [4.78, 5) is 5.13. The maximum absolute atomic E-state index is 5.69. The summed E-state index contributed by atoms with van der Waals surface area (Å²) in [6, 6.07) is 10.8. The zero-order valence-corrected chi connectivity index (χ0v) is 12.1. The Balaban J connectivity index is 1.66. The van der Waals surface area contributed by atoms with E-state index in [1.54, 1.807) is 0 Å². The van der Waals surface area contributed by atoms with Crippen LogP contribution in [0.25, 0.3) is 0 Å². The van der Waals surface area contributed by atoms with Crippen molar-refractivity contribution in [2.24, 2.45) is 11.7 Å². The summed E-state index contributed by atoms with van der Waals surface area (Å²) in [5.41, 5.74) is 7.14. The fourth-order valence-corrected chi connectivity index (χ4v) is 2.64. The normalized spacial score (nSPS) is 19.5. The van der Waals surface area contributed by atoms with E-state index in [0.717, 1.165) is 13.1 Å². The van der Waals surface area contributed by atoms with Gasteiger partial charge in [-0.15, -0.1) is 0 Å². The number of hydrogen-bond donors (Lipinski definition) is 1. The first-order chi connectivity index (χ1) is 9.28. The zero-order chi connectivity index (χ0) is 13.5. The van der Waals surface area contributed by atoms with Gasteiger partial charge in [-0.25, -0.2) is 0 Å². The Morgan fingerprint density at radius 1 is 1.05 bits per heavy atom. The Labute approximate surface area is 117 Å². The molecule has 0 aliphatic carbocycles. The second-order valence-corrected chi connectivity index (χ2v) is 5.72. The minimum atomic E-state index is 0.621. The van der Waals surface area contributed by atoms with E-state index in [4.69, 9.17) is 5.73 Å². The second kappa shape index (κ2) is 7.63. The highest BCUT2D eigenvalue weighted by Gasteiger charge is 2.17. The molecule has 0 bridgehead atoms. The minimum absolute atomic E-state index is 0.621. The third-order valence-corrected chi connectivity index (χ3v) is 4.00. The molecule has 1 aromatic rings. The number of nitrogens with two attached hydrogens (primary N) is 1. The molecular formula is C16H27N3. The molecule has 1 atom stereocenters. The first-order valence-corrected chi connectivity index (χ1v) is 7.46. The smallest absolute Gasteiger partial charge is 0.0110 e. The molecule has 0 amide bonds. The average molecular weight is 261 g/mol. The van der Waals surface area contributed by atoms with Gasteiger partial charge in [-0.3, -0.25) is 0 Å². The van der Waals surface area contributed by atoms with E-state index >= 15 is 0 Å². The van der Waals surface area contributed by atoms with Crippen molar-refractivity contribution in [1.29, 1.82) is 0 Å². The largest absolute Gasteiger partial charge is 0.330 e. The molecule has 1 aliphatic rings. The molecule has 0 saturated carbocycles. The van der Waals surface area contributed by atoms with Crippen LogP contribution in [0, 0.1) is 5.92 Å². The average Bonchev–Trinajstić information content (AvgIpc) is 2.47. The Morgan fingerprint density at radius 2 is 1.68 bits per heavy atom. The monoisotopic (exact) mass is 261 g/mol. The number of benzene rings is 1. The molecule has 106 valence electrons. The second-order valence-electron chi connectivity index (χ2n) is 5.72. The van der Waals surface area contributed by atoms with Crippen molar-refractivity contribution in [3.8, 4) is 0 Å². The van der Waals surface area contributed by atoms with E-state index in [-0.39, 0.29) is 0 Å². The first-order valence-electron chi connectivity index (χ1n) is 7.46. The van der Waals surface area contributed by atoms with Crippen molar-refractivity contribution in [2.45, 2.75) is 13.3 Å². The van der Waals surface area contributed by atoms with E-state index in [1.165, 1.54) is 44.7 Å². The number of piperazine rings is 1. The summed E-state index contributed by atoms with van der Waals surface area (Å²) in [6.07, 6.45) is 1.17. The highest BCUT2D eigenvalue weighted by Crippen LogP contribution is 2.07. The van der Waals surface area contributed by atoms with Crippen LogP contribution in [0.5, 0.6) is 0 Å². The summed E-state index contributed by atoms with van der Waals surface area (Å²) >= 11 is 0. The maximum Gasteiger partial charge on any atom is 0.0110 e. The van der Waals surface area contributed by atoms with Crippen LogP contribution < -0.4 is 5.73 Å². The van der Waals surface area contributed by atoms with Crippen LogP contribution in [-0.2, 0) is 6.42 Å². The molecule has 1 unspecified atom stereocenters. The molecule has 3 heteroatoms.